The summed E-state index contributed by atoms with van der Waals surface area (Å²) >= 11 is 0. The number of aromatic nitrogens is 1. The van der Waals surface area contributed by atoms with E-state index < -0.39 is 11.6 Å². The lowest BCUT2D eigenvalue weighted by Gasteiger charge is -2.44. The van der Waals surface area contributed by atoms with E-state index in [1.54, 1.807) is 19.1 Å². The molecule has 1 aliphatic heterocycles. The molecule has 0 spiro atoms. The van der Waals surface area contributed by atoms with E-state index in [2.05, 4.69) is 18.0 Å². The molecule has 2 amide bonds. The van der Waals surface area contributed by atoms with Crippen molar-refractivity contribution in [3.63, 3.8) is 0 Å². The van der Waals surface area contributed by atoms with E-state index in [-0.39, 0.29) is 35.8 Å². The normalized spacial score (nSPS) is 23.3. The Hall–Kier alpha value is -3.07. The summed E-state index contributed by atoms with van der Waals surface area (Å²) in [5.41, 5.74) is 2.61. The van der Waals surface area contributed by atoms with Crippen molar-refractivity contribution in [1.29, 1.82) is 0 Å². The number of carbonyl (C=O) groups excluding carboxylic acids is 3. The van der Waals surface area contributed by atoms with E-state index in [1.165, 1.54) is 7.11 Å². The van der Waals surface area contributed by atoms with Crippen molar-refractivity contribution in [1.82, 2.24) is 14.8 Å². The zero-order valence-electron chi connectivity index (χ0n) is 26.4. The van der Waals surface area contributed by atoms with Gasteiger partial charge in [-0.2, -0.15) is 0 Å². The summed E-state index contributed by atoms with van der Waals surface area (Å²) in [5.74, 6) is 0.0524. The van der Waals surface area contributed by atoms with E-state index in [1.807, 2.05) is 43.9 Å². The van der Waals surface area contributed by atoms with Gasteiger partial charge in [-0.1, -0.05) is 25.1 Å². The Bertz CT molecular complexity index is 1240. The summed E-state index contributed by atoms with van der Waals surface area (Å²) in [5, 5.41) is 1.10. The second-order valence-corrected chi connectivity index (χ2v) is 13.3. The highest BCUT2D eigenvalue weighted by Crippen LogP contribution is 2.43. The van der Waals surface area contributed by atoms with Crippen LogP contribution >= 0.6 is 0 Å². The summed E-state index contributed by atoms with van der Waals surface area (Å²) in [7, 11) is 4.87. The minimum atomic E-state index is -0.676. The number of fused-ring (bicyclic) bond motifs is 3. The number of methoxy groups -OCH3 is 2. The monoisotopic (exact) mass is 583 g/mol. The van der Waals surface area contributed by atoms with Gasteiger partial charge < -0.3 is 29.0 Å². The summed E-state index contributed by atoms with van der Waals surface area (Å²) < 4.78 is 16.1. The molecule has 2 aromatic rings. The van der Waals surface area contributed by atoms with Crippen LogP contribution in [0.25, 0.3) is 10.9 Å². The van der Waals surface area contributed by atoms with Gasteiger partial charge in [0.2, 0.25) is 5.91 Å². The van der Waals surface area contributed by atoms with Gasteiger partial charge in [0, 0.05) is 56.2 Å². The smallest absolute Gasteiger partial charge is 0.410 e. The van der Waals surface area contributed by atoms with Crippen LogP contribution in [-0.4, -0.2) is 78.8 Å². The maximum atomic E-state index is 14.4. The molecular formula is C33H49N3O6. The van der Waals surface area contributed by atoms with Crippen molar-refractivity contribution in [3.8, 4) is 0 Å². The Balaban J connectivity index is 1.56. The van der Waals surface area contributed by atoms with Crippen LogP contribution in [-0.2, 0) is 30.2 Å². The zero-order valence-corrected chi connectivity index (χ0v) is 26.4. The molecule has 2 aliphatic rings. The maximum absolute atomic E-state index is 14.4. The van der Waals surface area contributed by atoms with E-state index >= 15 is 0 Å². The highest BCUT2D eigenvalue weighted by atomic mass is 16.6. The molecule has 1 aromatic heterocycles. The standard InChI is InChI=1S/C33H49N3O6/c1-21(16-17-40-6)18-27-29-25(24-10-8-9-11-26(24)34-29)19-28(31(38)41-7)36(27)30(37)23-14-12-22(13-15-23)20-35(5)32(39)42-33(2,3)4/h8-11,21-23,27-28,34H,12-20H2,1-7H3/t21?,22-,23-,27?,28?. The number of esters is 1. The minimum Gasteiger partial charge on any atom is -0.467 e. The van der Waals surface area contributed by atoms with Gasteiger partial charge in [-0.25, -0.2) is 9.59 Å². The number of nitrogens with one attached hydrogen (secondary N) is 1. The number of amides is 2. The highest BCUT2D eigenvalue weighted by molar-refractivity contribution is 5.91. The number of carbonyl (C=O) groups is 3. The average molecular weight is 584 g/mol. The van der Waals surface area contributed by atoms with Crippen LogP contribution < -0.4 is 0 Å². The van der Waals surface area contributed by atoms with E-state index in [4.69, 9.17) is 14.2 Å². The number of hydrogen-bond acceptors (Lipinski definition) is 6. The van der Waals surface area contributed by atoms with Gasteiger partial charge in [0.1, 0.15) is 11.6 Å². The molecule has 3 unspecified atom stereocenters. The highest BCUT2D eigenvalue weighted by Gasteiger charge is 2.45. The van der Waals surface area contributed by atoms with Crippen molar-refractivity contribution in [3.05, 3.63) is 35.5 Å². The first-order chi connectivity index (χ1) is 19.9. The van der Waals surface area contributed by atoms with Crippen LogP contribution in [0.1, 0.15) is 83.5 Å². The second-order valence-electron chi connectivity index (χ2n) is 13.3. The topological polar surface area (TPSA) is 101 Å². The Kier molecular flexibility index (Phi) is 10.2. The lowest BCUT2D eigenvalue weighted by molar-refractivity contribution is -0.159. The van der Waals surface area contributed by atoms with Crippen molar-refractivity contribution in [2.24, 2.45) is 17.8 Å². The molecule has 9 nitrogen and oxygen atoms in total. The average Bonchev–Trinajstić information content (AvgIpc) is 3.33. The Morgan fingerprint density at radius 2 is 1.79 bits per heavy atom. The molecule has 1 N–H and O–H groups in total. The third-order valence-corrected chi connectivity index (χ3v) is 8.85. The molecule has 3 atom stereocenters. The van der Waals surface area contributed by atoms with Gasteiger partial charge in [-0.05, 0) is 82.8 Å². The first kappa shape index (κ1) is 31.9. The predicted molar refractivity (Wildman–Crippen MR) is 162 cm³/mol. The first-order valence-corrected chi connectivity index (χ1v) is 15.4. The fourth-order valence-corrected chi connectivity index (χ4v) is 6.67. The molecule has 1 fully saturated rings. The first-order valence-electron chi connectivity index (χ1n) is 15.4. The van der Waals surface area contributed by atoms with Crippen LogP contribution in [0.15, 0.2) is 24.3 Å². The lowest BCUT2D eigenvalue weighted by atomic mass is 9.79. The number of para-hydroxylation sites is 1. The van der Waals surface area contributed by atoms with E-state index in [0.29, 0.717) is 25.5 Å². The minimum absolute atomic E-state index is 0.0256. The van der Waals surface area contributed by atoms with Gasteiger partial charge in [0.05, 0.1) is 13.2 Å². The molecule has 1 aromatic carbocycles. The fraction of sp³-hybridized carbons (Fsp3) is 0.667. The van der Waals surface area contributed by atoms with Crippen LogP contribution in [0.4, 0.5) is 4.79 Å². The summed E-state index contributed by atoms with van der Waals surface area (Å²) in [6.45, 7) is 9.01. The molecule has 232 valence electrons. The van der Waals surface area contributed by atoms with Gasteiger partial charge in [-0.15, -0.1) is 0 Å². The largest absolute Gasteiger partial charge is 0.467 e. The van der Waals surface area contributed by atoms with Crippen LogP contribution in [0.3, 0.4) is 0 Å². The number of rotatable bonds is 9. The van der Waals surface area contributed by atoms with Crippen LogP contribution in [0, 0.1) is 17.8 Å². The molecule has 9 heteroatoms. The quantitative estimate of drug-likeness (QED) is 0.371. The molecule has 1 aliphatic carbocycles. The molecule has 0 saturated heterocycles. The summed E-state index contributed by atoms with van der Waals surface area (Å²) in [6, 6.07) is 7.20. The molecule has 1 saturated carbocycles. The number of H-pyrrole nitrogens is 1. The Morgan fingerprint density at radius 3 is 2.43 bits per heavy atom. The molecule has 2 heterocycles. The third-order valence-electron chi connectivity index (χ3n) is 8.85. The van der Waals surface area contributed by atoms with E-state index in [0.717, 1.165) is 60.7 Å². The Labute approximate surface area is 250 Å². The number of benzene rings is 1. The molecule has 4 rings (SSSR count). The number of hydrogen-bond donors (Lipinski definition) is 1. The van der Waals surface area contributed by atoms with Crippen molar-refractivity contribution in [2.45, 2.75) is 90.3 Å². The maximum Gasteiger partial charge on any atom is 0.410 e. The third kappa shape index (κ3) is 7.28. The van der Waals surface area contributed by atoms with Gasteiger partial charge in [-0.3, -0.25) is 4.79 Å². The van der Waals surface area contributed by atoms with Gasteiger partial charge >= 0.3 is 12.1 Å². The second kappa shape index (κ2) is 13.5. The van der Waals surface area contributed by atoms with Crippen molar-refractivity contribution < 1.29 is 28.6 Å². The summed E-state index contributed by atoms with van der Waals surface area (Å²) in [6.07, 6.45) is 4.82. The van der Waals surface area contributed by atoms with Gasteiger partial charge in [0.25, 0.3) is 0 Å². The molecule has 0 bridgehead atoms. The fourth-order valence-electron chi connectivity index (χ4n) is 6.67. The molecule has 42 heavy (non-hydrogen) atoms. The predicted octanol–water partition coefficient (Wildman–Crippen LogP) is 5.87. The van der Waals surface area contributed by atoms with Crippen molar-refractivity contribution in [2.75, 3.05) is 34.4 Å². The number of nitrogens with zero attached hydrogens (tertiary/aromatic N) is 2. The summed E-state index contributed by atoms with van der Waals surface area (Å²) in [4.78, 5) is 47.3. The SMILES string of the molecule is COCCC(C)CC1c2[nH]c3ccccc3c2CC(C(=O)OC)N1C(=O)[C@H]1CC[C@H](CN(C)C(=O)OC(C)(C)C)CC1. The zero-order chi connectivity index (χ0) is 30.6. The van der Waals surface area contributed by atoms with Crippen LogP contribution in [0.5, 0.6) is 0 Å². The lowest BCUT2D eigenvalue weighted by Crippen LogP contribution is -2.54. The van der Waals surface area contributed by atoms with Crippen molar-refractivity contribution >= 4 is 28.9 Å². The number of aromatic amines is 1. The van der Waals surface area contributed by atoms with Gasteiger partial charge in [0.15, 0.2) is 0 Å². The molecule has 0 radical (unpaired) electrons. The van der Waals surface area contributed by atoms with Crippen LogP contribution in [0.2, 0.25) is 0 Å². The Morgan fingerprint density at radius 1 is 1.10 bits per heavy atom. The van der Waals surface area contributed by atoms with E-state index in [9.17, 15) is 14.4 Å². The molecular weight excluding hydrogens is 534 g/mol. The number of ether oxygens (including phenoxy) is 3.